The highest BCUT2D eigenvalue weighted by Gasteiger charge is 2.19. The highest BCUT2D eigenvalue weighted by atomic mass is 16.5. The van der Waals surface area contributed by atoms with Gasteiger partial charge in [-0.05, 0) is 6.07 Å². The third-order valence-electron chi connectivity index (χ3n) is 1.83. The van der Waals surface area contributed by atoms with Crippen molar-refractivity contribution in [2.24, 2.45) is 0 Å². The molecule has 16 heavy (non-hydrogen) atoms. The number of aromatic amines is 1. The fraction of sp³-hybridized carbons (Fsp3) is 0.222. The van der Waals surface area contributed by atoms with Gasteiger partial charge in [0, 0.05) is 0 Å². The van der Waals surface area contributed by atoms with Gasteiger partial charge in [0.1, 0.15) is 11.3 Å². The topological polar surface area (TPSA) is 106 Å². The largest absolute Gasteiger partial charge is 0.490 e. The van der Waals surface area contributed by atoms with Gasteiger partial charge in [0.25, 0.3) is 5.56 Å². The summed E-state index contributed by atoms with van der Waals surface area (Å²) in [6.07, 6.45) is 0. The summed E-state index contributed by atoms with van der Waals surface area (Å²) in [5.74, 6) is -2.48. The van der Waals surface area contributed by atoms with Gasteiger partial charge >= 0.3 is 11.9 Å². The van der Waals surface area contributed by atoms with Crippen molar-refractivity contribution in [1.29, 1.82) is 0 Å². The van der Waals surface area contributed by atoms with E-state index in [0.29, 0.717) is 0 Å². The van der Waals surface area contributed by atoms with Crippen molar-refractivity contribution >= 4 is 11.9 Å². The molecule has 2 N–H and O–H groups in total. The van der Waals surface area contributed by atoms with Crippen molar-refractivity contribution in [2.75, 3.05) is 14.2 Å². The SMILES string of the molecule is COC(=O)c1cc(C(=O)O)[nH]c(=O)c1OC. The molecule has 0 aromatic carbocycles. The van der Waals surface area contributed by atoms with Crippen LogP contribution in [0.3, 0.4) is 0 Å². The molecule has 0 amide bonds. The fourth-order valence-electron chi connectivity index (χ4n) is 1.13. The third-order valence-corrected chi connectivity index (χ3v) is 1.83. The molecule has 0 atom stereocenters. The zero-order chi connectivity index (χ0) is 12.3. The maximum Gasteiger partial charge on any atom is 0.352 e. The summed E-state index contributed by atoms with van der Waals surface area (Å²) in [7, 11) is 2.31. The molecule has 0 aliphatic heterocycles. The van der Waals surface area contributed by atoms with E-state index < -0.39 is 23.2 Å². The van der Waals surface area contributed by atoms with E-state index in [4.69, 9.17) is 9.84 Å². The van der Waals surface area contributed by atoms with Gasteiger partial charge in [-0.15, -0.1) is 0 Å². The van der Waals surface area contributed by atoms with Crippen LogP contribution in [-0.4, -0.2) is 36.2 Å². The number of aromatic carboxylic acids is 1. The lowest BCUT2D eigenvalue weighted by atomic mass is 10.2. The van der Waals surface area contributed by atoms with Crippen LogP contribution in [0.4, 0.5) is 0 Å². The summed E-state index contributed by atoms with van der Waals surface area (Å²) in [5, 5.41) is 8.69. The van der Waals surface area contributed by atoms with Gasteiger partial charge in [0.2, 0.25) is 0 Å². The molecular formula is C9H9NO6. The first-order valence-corrected chi connectivity index (χ1v) is 4.14. The number of ether oxygens (including phenoxy) is 2. The second-order valence-electron chi connectivity index (χ2n) is 2.76. The Kier molecular flexibility index (Phi) is 3.29. The Balaban J connectivity index is 3.48. The number of pyridine rings is 1. The van der Waals surface area contributed by atoms with Crippen molar-refractivity contribution < 1.29 is 24.2 Å². The van der Waals surface area contributed by atoms with Crippen LogP contribution in [0.5, 0.6) is 5.75 Å². The molecule has 0 spiro atoms. The van der Waals surface area contributed by atoms with Crippen LogP contribution in [0.25, 0.3) is 0 Å². The first kappa shape index (κ1) is 11.8. The zero-order valence-corrected chi connectivity index (χ0v) is 8.57. The Morgan fingerprint density at radius 3 is 2.44 bits per heavy atom. The Hall–Kier alpha value is -2.31. The predicted molar refractivity (Wildman–Crippen MR) is 51.9 cm³/mol. The lowest BCUT2D eigenvalue weighted by Gasteiger charge is -2.06. The standard InChI is InChI=1S/C9H9NO6/c1-15-6-4(9(14)16-2)3-5(8(12)13)10-7(6)11/h3H,1-2H3,(H,10,11)(H,12,13). The minimum Gasteiger partial charge on any atom is -0.490 e. The maximum absolute atomic E-state index is 11.4. The Morgan fingerprint density at radius 1 is 1.38 bits per heavy atom. The summed E-state index contributed by atoms with van der Waals surface area (Å²) in [4.78, 5) is 35.3. The second kappa shape index (κ2) is 4.47. The average Bonchev–Trinajstić information content (AvgIpc) is 2.26. The van der Waals surface area contributed by atoms with Crippen LogP contribution in [0, 0.1) is 0 Å². The van der Waals surface area contributed by atoms with Crippen LogP contribution in [0.1, 0.15) is 20.8 Å². The van der Waals surface area contributed by atoms with Gasteiger partial charge in [-0.3, -0.25) is 4.79 Å². The van der Waals surface area contributed by atoms with Gasteiger partial charge in [-0.25, -0.2) is 9.59 Å². The molecule has 0 radical (unpaired) electrons. The number of carboxylic acid groups (broad SMARTS) is 1. The molecule has 7 heteroatoms. The summed E-state index contributed by atoms with van der Waals surface area (Å²) in [6.45, 7) is 0. The van der Waals surface area contributed by atoms with Gasteiger partial charge < -0.3 is 19.6 Å². The van der Waals surface area contributed by atoms with Crippen LogP contribution in [0.2, 0.25) is 0 Å². The number of carbonyl (C=O) groups excluding carboxylic acids is 1. The van der Waals surface area contributed by atoms with Crippen molar-refractivity contribution in [1.82, 2.24) is 4.98 Å². The number of hydrogen-bond acceptors (Lipinski definition) is 5. The molecule has 0 bridgehead atoms. The smallest absolute Gasteiger partial charge is 0.352 e. The summed E-state index contributed by atoms with van der Waals surface area (Å²) < 4.78 is 9.10. The van der Waals surface area contributed by atoms with E-state index in [0.717, 1.165) is 13.2 Å². The number of H-pyrrole nitrogens is 1. The highest BCUT2D eigenvalue weighted by molar-refractivity contribution is 5.95. The van der Waals surface area contributed by atoms with E-state index in [2.05, 4.69) is 9.72 Å². The Bertz CT molecular complexity index is 489. The second-order valence-corrected chi connectivity index (χ2v) is 2.76. The van der Waals surface area contributed by atoms with E-state index >= 15 is 0 Å². The third kappa shape index (κ3) is 2.02. The molecule has 0 aliphatic carbocycles. The number of rotatable bonds is 3. The van der Waals surface area contributed by atoms with E-state index in [1.165, 1.54) is 7.11 Å². The molecule has 1 rings (SSSR count). The lowest BCUT2D eigenvalue weighted by molar-refractivity contribution is 0.0596. The normalized spacial score (nSPS) is 9.62. The van der Waals surface area contributed by atoms with Crippen LogP contribution >= 0.6 is 0 Å². The van der Waals surface area contributed by atoms with Gasteiger partial charge in [0.15, 0.2) is 5.75 Å². The number of carbonyl (C=O) groups is 2. The minimum atomic E-state index is -1.36. The zero-order valence-electron chi connectivity index (χ0n) is 8.57. The molecule has 0 fully saturated rings. The van der Waals surface area contributed by atoms with Crippen molar-refractivity contribution in [3.05, 3.63) is 27.7 Å². The summed E-state index contributed by atoms with van der Waals surface area (Å²) >= 11 is 0. The van der Waals surface area contributed by atoms with Crippen molar-refractivity contribution in [2.45, 2.75) is 0 Å². The van der Waals surface area contributed by atoms with Gasteiger partial charge in [-0.2, -0.15) is 0 Å². The Morgan fingerprint density at radius 2 is 2.00 bits per heavy atom. The van der Waals surface area contributed by atoms with Gasteiger partial charge in [0.05, 0.1) is 14.2 Å². The number of methoxy groups -OCH3 is 2. The van der Waals surface area contributed by atoms with Crippen LogP contribution in [-0.2, 0) is 4.74 Å². The average molecular weight is 227 g/mol. The predicted octanol–water partition coefficient (Wildman–Crippen LogP) is -0.132. The number of aromatic nitrogens is 1. The fourth-order valence-corrected chi connectivity index (χ4v) is 1.13. The molecule has 1 aromatic heterocycles. The minimum absolute atomic E-state index is 0.230. The molecular weight excluding hydrogens is 218 g/mol. The molecule has 0 aliphatic rings. The number of hydrogen-bond donors (Lipinski definition) is 2. The number of esters is 1. The molecule has 0 saturated carbocycles. The highest BCUT2D eigenvalue weighted by Crippen LogP contribution is 2.14. The molecule has 86 valence electrons. The molecule has 0 unspecified atom stereocenters. The molecule has 1 aromatic rings. The van der Waals surface area contributed by atoms with E-state index in [9.17, 15) is 14.4 Å². The first-order valence-electron chi connectivity index (χ1n) is 4.14. The van der Waals surface area contributed by atoms with Gasteiger partial charge in [-0.1, -0.05) is 0 Å². The van der Waals surface area contributed by atoms with E-state index in [-0.39, 0.29) is 11.3 Å². The summed E-state index contributed by atoms with van der Waals surface area (Å²) in [6, 6.07) is 0.981. The van der Waals surface area contributed by atoms with Crippen LogP contribution < -0.4 is 10.3 Å². The molecule has 1 heterocycles. The van der Waals surface area contributed by atoms with E-state index in [1.807, 2.05) is 0 Å². The monoisotopic (exact) mass is 227 g/mol. The molecule has 7 nitrogen and oxygen atoms in total. The van der Waals surface area contributed by atoms with E-state index in [1.54, 1.807) is 0 Å². The van der Waals surface area contributed by atoms with Crippen molar-refractivity contribution in [3.8, 4) is 5.75 Å². The number of nitrogens with one attached hydrogen (secondary N) is 1. The lowest BCUT2D eigenvalue weighted by Crippen LogP contribution is -2.19. The van der Waals surface area contributed by atoms with Crippen LogP contribution in [0.15, 0.2) is 10.9 Å². The Labute approximate surface area is 89.6 Å². The molecule has 0 saturated heterocycles. The van der Waals surface area contributed by atoms with Crippen molar-refractivity contribution in [3.63, 3.8) is 0 Å². The maximum atomic E-state index is 11.4. The first-order chi connectivity index (χ1) is 7.51. The number of carboxylic acids is 1. The summed E-state index contributed by atoms with van der Waals surface area (Å²) in [5.41, 5.74) is -1.44. The quantitative estimate of drug-likeness (QED) is 0.696.